The fourth-order valence-electron chi connectivity index (χ4n) is 0.498. The molecule has 3 heteroatoms. The number of nitrogens with zero attached hydrogens (tertiary/aromatic N) is 1. The van der Waals surface area contributed by atoms with Crippen molar-refractivity contribution >= 4 is 0 Å². The maximum absolute atomic E-state index is 4.79. The minimum absolute atomic E-state index is 0. The zero-order valence-corrected chi connectivity index (χ0v) is 4.93. The molecule has 1 aromatic rings. The molecule has 1 heterocycles. The van der Waals surface area contributed by atoms with Gasteiger partial charge in [0, 0.05) is 13.2 Å². The molecule has 1 rings (SSSR count). The lowest BCUT2D eigenvalue weighted by molar-refractivity contribution is 0.397. The smallest absolute Gasteiger partial charge is 0.232 e. The Labute approximate surface area is 49.2 Å². The summed E-state index contributed by atoms with van der Waals surface area (Å²) < 4.78 is 4.79. The Morgan fingerprint density at radius 2 is 2.62 bits per heavy atom. The number of H-pyrrole nitrogens is 1. The minimum Gasteiger partial charge on any atom is -0.480 e. The van der Waals surface area contributed by atoms with Crippen LogP contribution in [0.1, 0.15) is 7.12 Å². The number of hydrogen-bond donors (Lipinski definition) is 1. The van der Waals surface area contributed by atoms with Gasteiger partial charge in [-0.2, -0.15) is 0 Å². The van der Waals surface area contributed by atoms with Gasteiger partial charge < -0.3 is 4.74 Å². The van der Waals surface area contributed by atoms with Gasteiger partial charge in [-0.1, -0.05) is 0 Å². The SMILES string of the molecule is COc1cc(C)[nH]n1.[HH]. The van der Waals surface area contributed by atoms with Gasteiger partial charge in [0.2, 0.25) is 5.88 Å². The molecule has 1 N–H and O–H groups in total. The van der Waals surface area contributed by atoms with Crippen molar-refractivity contribution in [3.05, 3.63) is 11.8 Å². The third-order valence-corrected chi connectivity index (χ3v) is 0.892. The predicted molar refractivity (Wildman–Crippen MR) is 32.0 cm³/mol. The number of aromatic nitrogens is 2. The van der Waals surface area contributed by atoms with E-state index in [4.69, 9.17) is 4.74 Å². The van der Waals surface area contributed by atoms with Crippen molar-refractivity contribution in [1.82, 2.24) is 10.2 Å². The van der Waals surface area contributed by atoms with Crippen LogP contribution in [-0.4, -0.2) is 17.3 Å². The molecule has 0 saturated heterocycles. The lowest BCUT2D eigenvalue weighted by atomic mass is 10.5. The molecule has 1 aromatic heterocycles. The molecular weight excluding hydrogens is 104 g/mol. The van der Waals surface area contributed by atoms with Crippen LogP contribution in [0.15, 0.2) is 6.07 Å². The first-order valence-electron chi connectivity index (χ1n) is 2.39. The zero-order valence-electron chi connectivity index (χ0n) is 4.93. The van der Waals surface area contributed by atoms with Crippen LogP contribution in [0.5, 0.6) is 5.88 Å². The molecule has 0 atom stereocenters. The predicted octanol–water partition coefficient (Wildman–Crippen LogP) is 0.973. The van der Waals surface area contributed by atoms with Crippen molar-refractivity contribution in [3.8, 4) is 5.88 Å². The van der Waals surface area contributed by atoms with E-state index >= 15 is 0 Å². The second kappa shape index (κ2) is 1.86. The van der Waals surface area contributed by atoms with Crippen molar-refractivity contribution in [2.24, 2.45) is 0 Å². The fraction of sp³-hybridized carbons (Fsp3) is 0.400. The maximum atomic E-state index is 4.79. The normalized spacial score (nSPS) is 9.25. The average molecular weight is 114 g/mol. The molecule has 8 heavy (non-hydrogen) atoms. The number of rotatable bonds is 1. The summed E-state index contributed by atoms with van der Waals surface area (Å²) in [7, 11) is 1.59. The first kappa shape index (κ1) is 5.15. The average Bonchev–Trinajstić information content (AvgIpc) is 2.14. The quantitative estimate of drug-likeness (QED) is 0.590. The highest BCUT2D eigenvalue weighted by Crippen LogP contribution is 2.03. The van der Waals surface area contributed by atoms with Crippen LogP contribution < -0.4 is 4.74 Å². The Morgan fingerprint density at radius 1 is 1.88 bits per heavy atom. The van der Waals surface area contributed by atoms with E-state index in [1.807, 2.05) is 13.0 Å². The zero-order chi connectivity index (χ0) is 5.98. The van der Waals surface area contributed by atoms with E-state index in [2.05, 4.69) is 10.2 Å². The van der Waals surface area contributed by atoms with E-state index in [0.717, 1.165) is 5.69 Å². The van der Waals surface area contributed by atoms with Gasteiger partial charge >= 0.3 is 0 Å². The molecular formula is C5H10N2O. The lowest BCUT2D eigenvalue weighted by Gasteiger charge is -1.84. The van der Waals surface area contributed by atoms with Crippen LogP contribution >= 0.6 is 0 Å². The van der Waals surface area contributed by atoms with Gasteiger partial charge in [0.15, 0.2) is 0 Å². The van der Waals surface area contributed by atoms with Crippen LogP contribution in [0.25, 0.3) is 0 Å². The van der Waals surface area contributed by atoms with E-state index in [0.29, 0.717) is 5.88 Å². The first-order valence-corrected chi connectivity index (χ1v) is 2.39. The number of ether oxygens (including phenoxy) is 1. The number of aryl methyl sites for hydroxylation is 1. The molecule has 0 bridgehead atoms. The minimum atomic E-state index is 0. The third kappa shape index (κ3) is 0.804. The van der Waals surface area contributed by atoms with Gasteiger partial charge in [-0.25, -0.2) is 0 Å². The van der Waals surface area contributed by atoms with Crippen LogP contribution in [0.4, 0.5) is 0 Å². The van der Waals surface area contributed by atoms with Crippen molar-refractivity contribution in [2.45, 2.75) is 6.92 Å². The van der Waals surface area contributed by atoms with Crippen molar-refractivity contribution in [3.63, 3.8) is 0 Å². The van der Waals surface area contributed by atoms with Crippen LogP contribution in [-0.2, 0) is 0 Å². The summed E-state index contributed by atoms with van der Waals surface area (Å²) in [5, 5.41) is 6.53. The third-order valence-electron chi connectivity index (χ3n) is 0.892. The van der Waals surface area contributed by atoms with E-state index in [9.17, 15) is 0 Å². The molecule has 0 amide bonds. The van der Waals surface area contributed by atoms with Gasteiger partial charge in [0.05, 0.1) is 7.11 Å². The summed E-state index contributed by atoms with van der Waals surface area (Å²) in [6.45, 7) is 1.93. The monoisotopic (exact) mass is 114 g/mol. The van der Waals surface area contributed by atoms with Gasteiger partial charge in [0.25, 0.3) is 0 Å². The Bertz CT molecular complexity index is 175. The van der Waals surface area contributed by atoms with Crippen molar-refractivity contribution < 1.29 is 6.16 Å². The van der Waals surface area contributed by atoms with E-state index < -0.39 is 0 Å². The van der Waals surface area contributed by atoms with Crippen LogP contribution in [0, 0.1) is 6.92 Å². The number of aromatic amines is 1. The van der Waals surface area contributed by atoms with Crippen LogP contribution in [0.3, 0.4) is 0 Å². The highest BCUT2D eigenvalue weighted by molar-refractivity contribution is 5.11. The van der Waals surface area contributed by atoms with Gasteiger partial charge in [-0.15, -0.1) is 5.10 Å². The van der Waals surface area contributed by atoms with Gasteiger partial charge in [-0.3, -0.25) is 5.10 Å². The Morgan fingerprint density at radius 3 is 2.88 bits per heavy atom. The molecule has 0 aliphatic heterocycles. The molecule has 3 nitrogen and oxygen atoms in total. The molecule has 0 unspecified atom stereocenters. The second-order valence-electron chi connectivity index (χ2n) is 1.59. The highest BCUT2D eigenvalue weighted by Gasteiger charge is 1.91. The Balaban J connectivity index is 0.000000640. The Kier molecular flexibility index (Phi) is 1.20. The molecule has 0 aromatic carbocycles. The standard InChI is InChI=1S/C5H8N2O.H2/c1-4-3-5(8-2)7-6-4;/h3H,1-2H3,(H,6,7);1H. The summed E-state index contributed by atoms with van der Waals surface area (Å²) >= 11 is 0. The molecule has 0 aliphatic carbocycles. The van der Waals surface area contributed by atoms with E-state index in [-0.39, 0.29) is 1.43 Å². The van der Waals surface area contributed by atoms with E-state index in [1.54, 1.807) is 7.11 Å². The summed E-state index contributed by atoms with van der Waals surface area (Å²) in [6.07, 6.45) is 0. The number of nitrogens with one attached hydrogen (secondary N) is 1. The molecule has 46 valence electrons. The highest BCUT2D eigenvalue weighted by atomic mass is 16.5. The summed E-state index contributed by atoms with van der Waals surface area (Å²) in [6, 6.07) is 1.83. The molecule has 0 aliphatic rings. The topological polar surface area (TPSA) is 37.9 Å². The fourth-order valence-corrected chi connectivity index (χ4v) is 0.498. The van der Waals surface area contributed by atoms with Gasteiger partial charge in [0.1, 0.15) is 0 Å². The molecule has 0 fully saturated rings. The lowest BCUT2D eigenvalue weighted by Crippen LogP contribution is -1.79. The second-order valence-corrected chi connectivity index (χ2v) is 1.59. The Hall–Kier alpha value is -0.990. The molecule has 0 spiro atoms. The van der Waals surface area contributed by atoms with Gasteiger partial charge in [-0.05, 0) is 6.92 Å². The maximum Gasteiger partial charge on any atom is 0.232 e. The molecule has 0 saturated carbocycles. The number of hydrogen-bond acceptors (Lipinski definition) is 2. The van der Waals surface area contributed by atoms with E-state index in [1.165, 1.54) is 0 Å². The van der Waals surface area contributed by atoms with Crippen LogP contribution in [0.2, 0.25) is 0 Å². The summed E-state index contributed by atoms with van der Waals surface area (Å²) in [4.78, 5) is 0. The number of methoxy groups -OCH3 is 1. The summed E-state index contributed by atoms with van der Waals surface area (Å²) in [5.74, 6) is 0.641. The van der Waals surface area contributed by atoms with Crippen molar-refractivity contribution in [1.29, 1.82) is 0 Å². The summed E-state index contributed by atoms with van der Waals surface area (Å²) in [5.41, 5.74) is 1.02. The first-order chi connectivity index (χ1) is 3.83. The largest absolute Gasteiger partial charge is 0.480 e. The molecule has 0 radical (unpaired) electrons. The van der Waals surface area contributed by atoms with Crippen molar-refractivity contribution in [2.75, 3.05) is 7.11 Å².